The third kappa shape index (κ3) is 5.17. The van der Waals surface area contributed by atoms with Crippen molar-refractivity contribution in [3.8, 4) is 0 Å². The summed E-state index contributed by atoms with van der Waals surface area (Å²) in [5, 5.41) is 3.66. The van der Waals surface area contributed by atoms with Crippen LogP contribution < -0.4 is 15.6 Å². The maximum absolute atomic E-state index is 14.2. The van der Waals surface area contributed by atoms with Crippen molar-refractivity contribution >= 4 is 28.4 Å². The Labute approximate surface area is 204 Å². The van der Waals surface area contributed by atoms with E-state index in [2.05, 4.69) is 5.32 Å². The number of carbonyl (C=O) groups is 1. The van der Waals surface area contributed by atoms with Crippen LogP contribution in [-0.2, 0) is 11.2 Å². The zero-order valence-electron chi connectivity index (χ0n) is 20.9. The standard InChI is InChI=1S/C27H32FN3O4/c1-6-18-9-20(28)13-21(10-18)29-17(3)22-11-19(27(33)30(4)5)12-23-24(32)14-25(35-26(22)23)31-7-8-34-15-16(31)2/h9-14,16-17,29H,6-8,15H2,1-5H3/t16-,17?/m0/s1. The Morgan fingerprint density at radius 3 is 2.69 bits per heavy atom. The number of morpholine rings is 1. The molecule has 0 saturated carbocycles. The molecule has 0 bridgehead atoms. The zero-order valence-corrected chi connectivity index (χ0v) is 20.9. The Kier molecular flexibility index (Phi) is 7.12. The van der Waals surface area contributed by atoms with Gasteiger partial charge in [-0.3, -0.25) is 9.59 Å². The molecule has 1 aliphatic heterocycles. The fourth-order valence-electron chi connectivity index (χ4n) is 4.44. The second-order valence-corrected chi connectivity index (χ2v) is 9.28. The van der Waals surface area contributed by atoms with E-state index in [-0.39, 0.29) is 29.2 Å². The van der Waals surface area contributed by atoms with Gasteiger partial charge in [0.25, 0.3) is 5.91 Å². The first kappa shape index (κ1) is 24.7. The number of anilines is 2. The largest absolute Gasteiger partial charge is 0.440 e. The number of nitrogens with one attached hydrogen (secondary N) is 1. The summed E-state index contributed by atoms with van der Waals surface area (Å²) < 4.78 is 26.0. The lowest BCUT2D eigenvalue weighted by atomic mass is 9.99. The van der Waals surface area contributed by atoms with Crippen LogP contribution in [0.15, 0.2) is 45.6 Å². The van der Waals surface area contributed by atoms with Crippen LogP contribution in [0.5, 0.6) is 0 Å². The molecule has 1 saturated heterocycles. The highest BCUT2D eigenvalue weighted by molar-refractivity contribution is 5.98. The number of hydrogen-bond donors (Lipinski definition) is 1. The molecular formula is C27H32FN3O4. The molecule has 0 aliphatic carbocycles. The fourth-order valence-corrected chi connectivity index (χ4v) is 4.44. The highest BCUT2D eigenvalue weighted by Gasteiger charge is 2.25. The molecule has 2 heterocycles. The smallest absolute Gasteiger partial charge is 0.253 e. The topological polar surface area (TPSA) is 75.0 Å². The van der Waals surface area contributed by atoms with Gasteiger partial charge in [-0.05, 0) is 56.2 Å². The maximum Gasteiger partial charge on any atom is 0.253 e. The molecule has 1 fully saturated rings. The number of hydrogen-bond acceptors (Lipinski definition) is 6. The number of fused-ring (bicyclic) bond motifs is 1. The Morgan fingerprint density at radius 2 is 2.00 bits per heavy atom. The number of amides is 1. The van der Waals surface area contributed by atoms with E-state index in [0.717, 1.165) is 5.56 Å². The average molecular weight is 482 g/mol. The van der Waals surface area contributed by atoms with Crippen LogP contribution in [0.25, 0.3) is 11.0 Å². The normalized spacial score (nSPS) is 16.9. The molecule has 1 amide bonds. The van der Waals surface area contributed by atoms with Gasteiger partial charge in [0.1, 0.15) is 11.4 Å². The van der Waals surface area contributed by atoms with Crippen molar-refractivity contribution in [1.82, 2.24) is 4.90 Å². The molecule has 3 aromatic rings. The minimum Gasteiger partial charge on any atom is -0.440 e. The lowest BCUT2D eigenvalue weighted by molar-refractivity contribution is 0.0827. The molecule has 8 heteroatoms. The molecule has 1 N–H and O–H groups in total. The van der Waals surface area contributed by atoms with Gasteiger partial charge in [0.15, 0.2) is 11.3 Å². The van der Waals surface area contributed by atoms with Gasteiger partial charge in [-0.1, -0.05) is 6.92 Å². The van der Waals surface area contributed by atoms with Crippen molar-refractivity contribution in [3.05, 3.63) is 69.1 Å². The minimum atomic E-state index is -0.376. The number of carbonyl (C=O) groups excluding carboxylic acids is 1. The van der Waals surface area contributed by atoms with Gasteiger partial charge in [0.2, 0.25) is 0 Å². The van der Waals surface area contributed by atoms with Crippen LogP contribution in [0.4, 0.5) is 16.0 Å². The van der Waals surface area contributed by atoms with Crippen LogP contribution in [0.3, 0.4) is 0 Å². The molecule has 1 aliphatic rings. The van der Waals surface area contributed by atoms with Gasteiger partial charge < -0.3 is 24.3 Å². The molecule has 1 unspecified atom stereocenters. The predicted molar refractivity (Wildman–Crippen MR) is 136 cm³/mol. The van der Waals surface area contributed by atoms with Crippen molar-refractivity contribution in [2.45, 2.75) is 39.3 Å². The number of nitrogens with zero attached hydrogens (tertiary/aromatic N) is 2. The van der Waals surface area contributed by atoms with E-state index in [1.807, 2.05) is 31.7 Å². The fraction of sp³-hybridized carbons (Fsp3) is 0.407. The summed E-state index contributed by atoms with van der Waals surface area (Å²) in [5.74, 6) is -0.0716. The van der Waals surface area contributed by atoms with Gasteiger partial charge in [0.05, 0.1) is 30.7 Å². The lowest BCUT2D eigenvalue weighted by Crippen LogP contribution is -2.44. The summed E-state index contributed by atoms with van der Waals surface area (Å²) in [6, 6.07) is 9.34. The van der Waals surface area contributed by atoms with Crippen molar-refractivity contribution in [3.63, 3.8) is 0 Å². The van der Waals surface area contributed by atoms with Gasteiger partial charge in [-0.25, -0.2) is 4.39 Å². The Morgan fingerprint density at radius 1 is 1.23 bits per heavy atom. The second kappa shape index (κ2) is 10.1. The second-order valence-electron chi connectivity index (χ2n) is 9.28. The van der Waals surface area contributed by atoms with Crippen molar-refractivity contribution in [2.75, 3.05) is 44.1 Å². The summed E-state index contributed by atoms with van der Waals surface area (Å²) in [7, 11) is 3.33. The highest BCUT2D eigenvalue weighted by atomic mass is 19.1. The molecule has 2 aromatic carbocycles. The number of halogens is 1. The predicted octanol–water partition coefficient (Wildman–Crippen LogP) is 4.59. The Balaban J connectivity index is 1.85. The quantitative estimate of drug-likeness (QED) is 0.555. The van der Waals surface area contributed by atoms with Crippen molar-refractivity contribution in [1.29, 1.82) is 0 Å². The maximum atomic E-state index is 14.2. The number of ether oxygens (including phenoxy) is 1. The summed E-state index contributed by atoms with van der Waals surface area (Å²) in [6.45, 7) is 7.59. The van der Waals surface area contributed by atoms with E-state index < -0.39 is 0 Å². The summed E-state index contributed by atoms with van der Waals surface area (Å²) in [5.41, 5.74) is 2.71. The van der Waals surface area contributed by atoms with Crippen LogP contribution in [0.1, 0.15) is 48.3 Å². The van der Waals surface area contributed by atoms with E-state index in [1.165, 1.54) is 23.1 Å². The third-order valence-electron chi connectivity index (χ3n) is 6.36. The summed E-state index contributed by atoms with van der Waals surface area (Å²) >= 11 is 0. The number of rotatable bonds is 6. The lowest BCUT2D eigenvalue weighted by Gasteiger charge is -2.33. The summed E-state index contributed by atoms with van der Waals surface area (Å²) in [4.78, 5) is 29.5. The molecule has 0 spiro atoms. The number of benzene rings is 2. The zero-order chi connectivity index (χ0) is 25.3. The third-order valence-corrected chi connectivity index (χ3v) is 6.36. The Hall–Kier alpha value is -3.39. The van der Waals surface area contributed by atoms with E-state index in [0.29, 0.717) is 59.8 Å². The Bertz CT molecular complexity index is 1300. The molecular weight excluding hydrogens is 449 g/mol. The highest BCUT2D eigenvalue weighted by Crippen LogP contribution is 2.31. The van der Waals surface area contributed by atoms with Gasteiger partial charge in [-0.2, -0.15) is 0 Å². The van der Waals surface area contributed by atoms with Crippen LogP contribution in [-0.4, -0.2) is 50.7 Å². The molecule has 1 aromatic heterocycles. The van der Waals surface area contributed by atoms with Gasteiger partial charge >= 0.3 is 0 Å². The monoisotopic (exact) mass is 481 g/mol. The van der Waals surface area contributed by atoms with E-state index in [4.69, 9.17) is 9.15 Å². The van der Waals surface area contributed by atoms with E-state index >= 15 is 0 Å². The molecule has 186 valence electrons. The van der Waals surface area contributed by atoms with Crippen molar-refractivity contribution in [2.24, 2.45) is 0 Å². The minimum absolute atomic E-state index is 0.0534. The van der Waals surface area contributed by atoms with Crippen LogP contribution in [0.2, 0.25) is 0 Å². The van der Waals surface area contributed by atoms with E-state index in [9.17, 15) is 14.0 Å². The van der Waals surface area contributed by atoms with Crippen LogP contribution in [0, 0.1) is 5.82 Å². The van der Waals surface area contributed by atoms with E-state index in [1.54, 1.807) is 26.2 Å². The molecule has 4 rings (SSSR count). The van der Waals surface area contributed by atoms with Crippen LogP contribution >= 0.6 is 0 Å². The molecule has 0 radical (unpaired) electrons. The van der Waals surface area contributed by atoms with Gasteiger partial charge in [0, 0.05) is 43.5 Å². The first-order chi connectivity index (χ1) is 16.7. The van der Waals surface area contributed by atoms with Crippen molar-refractivity contribution < 1.29 is 18.3 Å². The molecule has 2 atom stereocenters. The van der Waals surface area contributed by atoms with Gasteiger partial charge in [-0.15, -0.1) is 0 Å². The molecule has 35 heavy (non-hydrogen) atoms. The first-order valence-electron chi connectivity index (χ1n) is 11.9. The average Bonchev–Trinajstić information content (AvgIpc) is 2.82. The molecule has 7 nitrogen and oxygen atoms in total. The first-order valence-corrected chi connectivity index (χ1v) is 11.9. The SMILES string of the molecule is CCc1cc(F)cc(NC(C)c2cc(C(=O)N(C)C)cc3c(=O)cc(N4CCOC[C@@H]4C)oc23)c1. The summed E-state index contributed by atoms with van der Waals surface area (Å²) in [6.07, 6.45) is 0.701. The number of aryl methyl sites for hydroxylation is 1.